The Morgan fingerprint density at radius 1 is 1.10 bits per heavy atom. The van der Waals surface area contributed by atoms with Crippen molar-refractivity contribution in [1.29, 1.82) is 0 Å². The zero-order chi connectivity index (χ0) is 21.3. The van der Waals surface area contributed by atoms with E-state index in [4.69, 9.17) is 16.1 Å². The lowest BCUT2D eigenvalue weighted by Crippen LogP contribution is -2.30. The van der Waals surface area contributed by atoms with Crippen LogP contribution in [-0.4, -0.2) is 25.1 Å². The van der Waals surface area contributed by atoms with Crippen molar-refractivity contribution in [2.45, 2.75) is 18.1 Å². The number of aryl methyl sites for hydroxylation is 1. The number of aromatic nitrogens is 2. The monoisotopic (exact) mass is 459 g/mol. The Kier molecular flexibility index (Phi) is 5.64. The van der Waals surface area contributed by atoms with Crippen LogP contribution in [0.3, 0.4) is 0 Å². The number of thiophene rings is 1. The van der Waals surface area contributed by atoms with E-state index in [9.17, 15) is 8.42 Å². The molecule has 0 bridgehead atoms. The minimum absolute atomic E-state index is 0.215. The number of sulfonamides is 1. The molecular weight excluding hydrogens is 442 g/mol. The van der Waals surface area contributed by atoms with Crippen LogP contribution in [0.5, 0.6) is 0 Å². The number of hydrogen-bond donors (Lipinski definition) is 0. The highest BCUT2D eigenvalue weighted by molar-refractivity contribution is 7.94. The average Bonchev–Trinajstić information content (AvgIpc) is 3.39. The maximum Gasteiger partial charge on any atom is 0.273 e. The normalized spacial score (nSPS) is 11.6. The quantitative estimate of drug-likeness (QED) is 0.372. The third-order valence-electron chi connectivity index (χ3n) is 4.47. The van der Waals surface area contributed by atoms with Crippen LogP contribution in [0.15, 0.2) is 68.7 Å². The molecule has 0 fully saturated rings. The predicted octanol–water partition coefficient (Wildman–Crippen LogP) is 5.64. The molecule has 30 heavy (non-hydrogen) atoms. The fraction of sp³-hybridized carbons (Fsp3) is 0.143. The van der Waals surface area contributed by atoms with Gasteiger partial charge in [-0.05, 0) is 61.9 Å². The molecule has 0 atom stereocenters. The van der Waals surface area contributed by atoms with E-state index in [-0.39, 0.29) is 10.1 Å². The molecule has 0 aliphatic heterocycles. The maximum atomic E-state index is 13.2. The van der Waals surface area contributed by atoms with E-state index in [1.807, 2.05) is 32.0 Å². The first-order valence-corrected chi connectivity index (χ1v) is 11.9. The van der Waals surface area contributed by atoms with Crippen molar-refractivity contribution in [2.75, 3.05) is 10.8 Å². The highest BCUT2D eigenvalue weighted by Gasteiger charge is 2.26. The molecule has 4 rings (SSSR count). The van der Waals surface area contributed by atoms with E-state index in [0.29, 0.717) is 28.6 Å². The van der Waals surface area contributed by atoms with Crippen LogP contribution in [0, 0.1) is 6.92 Å². The van der Waals surface area contributed by atoms with Gasteiger partial charge in [-0.1, -0.05) is 28.9 Å². The first-order chi connectivity index (χ1) is 14.4. The van der Waals surface area contributed by atoms with Gasteiger partial charge in [0.25, 0.3) is 15.9 Å². The average molecular weight is 460 g/mol. The molecule has 2 aromatic carbocycles. The summed E-state index contributed by atoms with van der Waals surface area (Å²) in [6.45, 7) is 4.06. The van der Waals surface area contributed by atoms with Crippen LogP contribution in [0.1, 0.15) is 12.5 Å². The van der Waals surface area contributed by atoms with E-state index in [1.54, 1.807) is 41.8 Å². The van der Waals surface area contributed by atoms with Gasteiger partial charge >= 0.3 is 0 Å². The molecule has 0 spiro atoms. The van der Waals surface area contributed by atoms with E-state index in [2.05, 4.69) is 10.1 Å². The molecule has 0 N–H and O–H groups in total. The lowest BCUT2D eigenvalue weighted by atomic mass is 10.2. The maximum absolute atomic E-state index is 13.2. The summed E-state index contributed by atoms with van der Waals surface area (Å²) in [5, 5.41) is 6.31. The smallest absolute Gasteiger partial charge is 0.273 e. The van der Waals surface area contributed by atoms with Crippen LogP contribution in [0.4, 0.5) is 5.69 Å². The van der Waals surface area contributed by atoms with Crippen molar-refractivity contribution in [2.24, 2.45) is 0 Å². The Morgan fingerprint density at radius 3 is 2.57 bits per heavy atom. The number of halogens is 1. The van der Waals surface area contributed by atoms with Gasteiger partial charge in [0.15, 0.2) is 0 Å². The van der Waals surface area contributed by atoms with Crippen molar-refractivity contribution in [3.63, 3.8) is 0 Å². The van der Waals surface area contributed by atoms with Gasteiger partial charge in [-0.25, -0.2) is 8.42 Å². The molecular formula is C21H18ClN3O3S2. The lowest BCUT2D eigenvalue weighted by molar-refractivity contribution is 0.432. The van der Waals surface area contributed by atoms with Crippen molar-refractivity contribution in [3.05, 3.63) is 70.6 Å². The number of hydrogen-bond acceptors (Lipinski definition) is 6. The second kappa shape index (κ2) is 8.22. The highest BCUT2D eigenvalue weighted by atomic mass is 35.5. The van der Waals surface area contributed by atoms with Crippen molar-refractivity contribution in [1.82, 2.24) is 10.1 Å². The Bertz CT molecular complexity index is 1280. The molecule has 4 aromatic rings. The summed E-state index contributed by atoms with van der Waals surface area (Å²) in [4.78, 5) is 4.39. The third kappa shape index (κ3) is 3.98. The second-order valence-electron chi connectivity index (χ2n) is 6.59. The molecule has 0 saturated carbocycles. The zero-order valence-corrected chi connectivity index (χ0v) is 18.6. The van der Waals surface area contributed by atoms with Gasteiger partial charge in [0.1, 0.15) is 4.21 Å². The van der Waals surface area contributed by atoms with Crippen LogP contribution in [-0.2, 0) is 10.0 Å². The molecule has 0 saturated heterocycles. The van der Waals surface area contributed by atoms with E-state index >= 15 is 0 Å². The summed E-state index contributed by atoms with van der Waals surface area (Å²) in [7, 11) is -3.71. The number of nitrogens with zero attached hydrogens (tertiary/aromatic N) is 3. The largest absolute Gasteiger partial charge is 0.334 e. The first kappa shape index (κ1) is 20.6. The van der Waals surface area contributed by atoms with Gasteiger partial charge in [0, 0.05) is 22.5 Å². The standard InChI is InChI=1S/C21H18ClN3O3S2/c1-3-25(18-6-4-5-14(2)11-18)30(26,27)19-12-16(13-29-19)21-23-20(24-28-21)15-7-9-17(22)10-8-15/h4-13H,3H2,1-2H3. The van der Waals surface area contributed by atoms with Crippen LogP contribution >= 0.6 is 22.9 Å². The molecule has 154 valence electrons. The van der Waals surface area contributed by atoms with Gasteiger partial charge in [0.05, 0.1) is 11.3 Å². The van der Waals surface area contributed by atoms with E-state index < -0.39 is 10.0 Å². The summed E-state index contributed by atoms with van der Waals surface area (Å²) in [5.74, 6) is 0.670. The van der Waals surface area contributed by atoms with Crippen LogP contribution in [0.2, 0.25) is 5.02 Å². The molecule has 0 radical (unpaired) electrons. The Morgan fingerprint density at radius 2 is 1.87 bits per heavy atom. The molecule has 2 aromatic heterocycles. The molecule has 0 aliphatic carbocycles. The van der Waals surface area contributed by atoms with Gasteiger partial charge < -0.3 is 4.52 Å². The molecule has 0 unspecified atom stereocenters. The molecule has 9 heteroatoms. The van der Waals surface area contributed by atoms with E-state index in [1.165, 1.54) is 4.31 Å². The molecule has 6 nitrogen and oxygen atoms in total. The fourth-order valence-corrected chi connectivity index (χ4v) is 5.86. The summed E-state index contributed by atoms with van der Waals surface area (Å²) in [5.41, 5.74) is 2.95. The minimum atomic E-state index is -3.71. The van der Waals surface area contributed by atoms with E-state index in [0.717, 1.165) is 22.5 Å². The molecule has 0 amide bonds. The molecule has 2 heterocycles. The summed E-state index contributed by atoms with van der Waals surface area (Å²) in [6, 6.07) is 16.1. The third-order valence-corrected chi connectivity index (χ3v) is 8.04. The Hall–Kier alpha value is -2.68. The topological polar surface area (TPSA) is 76.3 Å². The zero-order valence-electron chi connectivity index (χ0n) is 16.2. The van der Waals surface area contributed by atoms with Crippen molar-refractivity contribution < 1.29 is 12.9 Å². The fourth-order valence-electron chi connectivity index (χ4n) is 3.00. The summed E-state index contributed by atoms with van der Waals surface area (Å²) >= 11 is 7.04. The van der Waals surface area contributed by atoms with Gasteiger partial charge in [-0.15, -0.1) is 11.3 Å². The SMILES string of the molecule is CCN(c1cccc(C)c1)S(=O)(=O)c1cc(-c2nc(-c3ccc(Cl)cc3)no2)cs1. The Balaban J connectivity index is 1.64. The number of rotatable bonds is 6. The highest BCUT2D eigenvalue weighted by Crippen LogP contribution is 2.32. The van der Waals surface area contributed by atoms with Crippen LogP contribution in [0.25, 0.3) is 22.8 Å². The minimum Gasteiger partial charge on any atom is -0.334 e. The summed E-state index contributed by atoms with van der Waals surface area (Å²) < 4.78 is 33.4. The van der Waals surface area contributed by atoms with Crippen LogP contribution < -0.4 is 4.31 Å². The summed E-state index contributed by atoms with van der Waals surface area (Å²) in [6.07, 6.45) is 0. The number of anilines is 1. The van der Waals surface area contributed by atoms with Gasteiger partial charge in [-0.2, -0.15) is 4.98 Å². The van der Waals surface area contributed by atoms with Crippen molar-refractivity contribution in [3.8, 4) is 22.8 Å². The second-order valence-corrected chi connectivity index (χ2v) is 10.0. The lowest BCUT2D eigenvalue weighted by Gasteiger charge is -2.22. The van der Waals surface area contributed by atoms with Gasteiger partial charge in [-0.3, -0.25) is 4.31 Å². The van der Waals surface area contributed by atoms with Crippen molar-refractivity contribution >= 4 is 38.6 Å². The Labute approximate surface area is 183 Å². The predicted molar refractivity (Wildman–Crippen MR) is 119 cm³/mol. The van der Waals surface area contributed by atoms with Gasteiger partial charge in [0.2, 0.25) is 5.82 Å². The number of benzene rings is 2. The molecule has 0 aliphatic rings. The first-order valence-electron chi connectivity index (χ1n) is 9.16.